The molecule has 0 amide bonds. The molecule has 0 saturated carbocycles. The quantitative estimate of drug-likeness (QED) is 0.792. The SMILES string of the molecule is CCN(CCOC)S(=O)(=O)c1ccc(CNC)c(Cl)c1. The van der Waals surface area contributed by atoms with Gasteiger partial charge in [0.1, 0.15) is 0 Å². The van der Waals surface area contributed by atoms with Gasteiger partial charge in [0.05, 0.1) is 11.5 Å². The summed E-state index contributed by atoms with van der Waals surface area (Å²) in [6.07, 6.45) is 0. The highest BCUT2D eigenvalue weighted by Gasteiger charge is 2.23. The molecular weight excluding hydrogens is 300 g/mol. The zero-order chi connectivity index (χ0) is 15.2. The molecule has 1 N–H and O–H groups in total. The lowest BCUT2D eigenvalue weighted by Gasteiger charge is -2.20. The number of likely N-dealkylation sites (N-methyl/N-ethyl adjacent to an activating group) is 1. The molecule has 0 unspecified atom stereocenters. The second-order valence-electron chi connectivity index (χ2n) is 4.27. The summed E-state index contributed by atoms with van der Waals surface area (Å²) in [4.78, 5) is 0.209. The maximum atomic E-state index is 12.5. The molecule has 0 aromatic heterocycles. The molecule has 114 valence electrons. The van der Waals surface area contributed by atoms with Crippen LogP contribution in [-0.4, -0.2) is 46.6 Å². The second kappa shape index (κ2) is 7.95. The van der Waals surface area contributed by atoms with Gasteiger partial charge in [-0.2, -0.15) is 4.31 Å². The van der Waals surface area contributed by atoms with Crippen molar-refractivity contribution in [1.29, 1.82) is 0 Å². The summed E-state index contributed by atoms with van der Waals surface area (Å²) in [5, 5.41) is 3.43. The number of benzene rings is 1. The summed E-state index contributed by atoms with van der Waals surface area (Å²) < 4.78 is 31.3. The second-order valence-corrected chi connectivity index (χ2v) is 6.62. The largest absolute Gasteiger partial charge is 0.383 e. The van der Waals surface area contributed by atoms with Crippen molar-refractivity contribution in [1.82, 2.24) is 9.62 Å². The first-order valence-electron chi connectivity index (χ1n) is 6.39. The Bertz CT molecular complexity index is 534. The van der Waals surface area contributed by atoms with Crippen molar-refractivity contribution in [2.45, 2.75) is 18.4 Å². The average Bonchev–Trinajstić information content (AvgIpc) is 2.41. The zero-order valence-corrected chi connectivity index (χ0v) is 13.6. The van der Waals surface area contributed by atoms with E-state index in [9.17, 15) is 8.42 Å². The van der Waals surface area contributed by atoms with Crippen LogP contribution in [0.1, 0.15) is 12.5 Å². The number of sulfonamides is 1. The van der Waals surface area contributed by atoms with E-state index in [0.717, 1.165) is 5.56 Å². The van der Waals surface area contributed by atoms with Gasteiger partial charge in [-0.3, -0.25) is 0 Å². The fourth-order valence-electron chi connectivity index (χ4n) is 1.81. The van der Waals surface area contributed by atoms with Crippen LogP contribution in [0.25, 0.3) is 0 Å². The molecule has 0 fully saturated rings. The van der Waals surface area contributed by atoms with Gasteiger partial charge in [0.25, 0.3) is 0 Å². The molecule has 7 heteroatoms. The maximum Gasteiger partial charge on any atom is 0.243 e. The van der Waals surface area contributed by atoms with Gasteiger partial charge in [0.15, 0.2) is 0 Å². The van der Waals surface area contributed by atoms with Crippen molar-refractivity contribution >= 4 is 21.6 Å². The molecule has 1 rings (SSSR count). The van der Waals surface area contributed by atoms with E-state index in [2.05, 4.69) is 5.32 Å². The Balaban J connectivity index is 3.05. The van der Waals surface area contributed by atoms with Gasteiger partial charge >= 0.3 is 0 Å². The minimum atomic E-state index is -3.53. The van der Waals surface area contributed by atoms with Gasteiger partial charge in [0.2, 0.25) is 10.0 Å². The standard InChI is InChI=1S/C13H21ClN2O3S/c1-4-16(7-8-19-3)20(17,18)12-6-5-11(10-15-2)13(14)9-12/h5-6,9,15H,4,7-8,10H2,1-3H3. The molecule has 1 aromatic rings. The van der Waals surface area contributed by atoms with E-state index in [0.29, 0.717) is 31.3 Å². The summed E-state index contributed by atoms with van der Waals surface area (Å²) >= 11 is 6.12. The summed E-state index contributed by atoms with van der Waals surface area (Å²) in [6, 6.07) is 4.82. The highest BCUT2D eigenvalue weighted by atomic mass is 35.5. The van der Waals surface area contributed by atoms with Gasteiger partial charge in [-0.25, -0.2) is 8.42 Å². The first kappa shape index (κ1) is 17.4. The lowest BCUT2D eigenvalue weighted by atomic mass is 10.2. The van der Waals surface area contributed by atoms with Crippen LogP contribution in [0.5, 0.6) is 0 Å². The Morgan fingerprint density at radius 1 is 1.40 bits per heavy atom. The number of nitrogens with one attached hydrogen (secondary N) is 1. The molecule has 5 nitrogen and oxygen atoms in total. The van der Waals surface area contributed by atoms with Crippen LogP contribution in [0.4, 0.5) is 0 Å². The van der Waals surface area contributed by atoms with Crippen molar-refractivity contribution < 1.29 is 13.2 Å². The van der Waals surface area contributed by atoms with E-state index in [1.165, 1.54) is 10.4 Å². The minimum Gasteiger partial charge on any atom is -0.383 e. The Morgan fingerprint density at radius 2 is 2.10 bits per heavy atom. The molecule has 0 aliphatic heterocycles. The predicted molar refractivity (Wildman–Crippen MR) is 80.5 cm³/mol. The molecule has 0 heterocycles. The Morgan fingerprint density at radius 3 is 2.60 bits per heavy atom. The molecule has 0 atom stereocenters. The van der Waals surface area contributed by atoms with E-state index in [1.807, 2.05) is 7.05 Å². The zero-order valence-electron chi connectivity index (χ0n) is 12.0. The molecule has 0 aliphatic carbocycles. The summed E-state index contributed by atoms with van der Waals surface area (Å²) in [5.74, 6) is 0. The van der Waals surface area contributed by atoms with Crippen LogP contribution in [0, 0.1) is 0 Å². The van der Waals surface area contributed by atoms with E-state index in [-0.39, 0.29) is 4.90 Å². The monoisotopic (exact) mass is 320 g/mol. The van der Waals surface area contributed by atoms with Crippen molar-refractivity contribution in [3.8, 4) is 0 Å². The molecule has 0 radical (unpaired) electrons. The predicted octanol–water partition coefficient (Wildman–Crippen LogP) is 1.72. The van der Waals surface area contributed by atoms with E-state index < -0.39 is 10.0 Å². The highest BCUT2D eigenvalue weighted by molar-refractivity contribution is 7.89. The number of methoxy groups -OCH3 is 1. The van der Waals surface area contributed by atoms with Gasteiger partial charge in [0, 0.05) is 31.8 Å². The van der Waals surface area contributed by atoms with Crippen LogP contribution in [0.3, 0.4) is 0 Å². The summed E-state index contributed by atoms with van der Waals surface area (Å²) in [7, 11) is -0.174. The number of halogens is 1. The number of rotatable bonds is 8. The van der Waals surface area contributed by atoms with Gasteiger partial charge < -0.3 is 10.1 Å². The van der Waals surface area contributed by atoms with E-state index >= 15 is 0 Å². The summed E-state index contributed by atoms with van der Waals surface area (Å²) in [6.45, 7) is 3.47. The third kappa shape index (κ3) is 4.17. The number of ether oxygens (including phenoxy) is 1. The number of nitrogens with zero attached hydrogens (tertiary/aromatic N) is 1. The van der Waals surface area contributed by atoms with Crippen molar-refractivity contribution in [3.05, 3.63) is 28.8 Å². The summed E-state index contributed by atoms with van der Waals surface area (Å²) in [5.41, 5.74) is 0.869. The minimum absolute atomic E-state index is 0.209. The lowest BCUT2D eigenvalue weighted by molar-refractivity contribution is 0.180. The van der Waals surface area contributed by atoms with E-state index in [4.69, 9.17) is 16.3 Å². The molecule has 0 aliphatic rings. The normalized spacial score (nSPS) is 12.1. The fourth-order valence-corrected chi connectivity index (χ4v) is 3.58. The van der Waals surface area contributed by atoms with Crippen molar-refractivity contribution in [2.24, 2.45) is 0 Å². The lowest BCUT2D eigenvalue weighted by Crippen LogP contribution is -2.33. The Kier molecular flexibility index (Phi) is 6.91. The van der Waals surface area contributed by atoms with E-state index in [1.54, 1.807) is 26.2 Å². The van der Waals surface area contributed by atoms with Gasteiger partial charge in [-0.1, -0.05) is 24.6 Å². The third-order valence-corrected chi connectivity index (χ3v) is 5.25. The molecule has 0 spiro atoms. The van der Waals surface area contributed by atoms with Gasteiger partial charge in [-0.15, -0.1) is 0 Å². The molecule has 0 saturated heterocycles. The van der Waals surface area contributed by atoms with Crippen LogP contribution in [0.15, 0.2) is 23.1 Å². The Hall–Kier alpha value is -0.660. The number of hydrogen-bond acceptors (Lipinski definition) is 4. The van der Waals surface area contributed by atoms with Crippen molar-refractivity contribution in [2.75, 3.05) is 33.9 Å². The first-order valence-corrected chi connectivity index (χ1v) is 8.21. The maximum absolute atomic E-state index is 12.5. The highest BCUT2D eigenvalue weighted by Crippen LogP contribution is 2.23. The molecule has 1 aromatic carbocycles. The molecule has 20 heavy (non-hydrogen) atoms. The van der Waals surface area contributed by atoms with Crippen molar-refractivity contribution in [3.63, 3.8) is 0 Å². The van der Waals surface area contributed by atoms with Crippen LogP contribution in [0.2, 0.25) is 5.02 Å². The van der Waals surface area contributed by atoms with Crippen LogP contribution >= 0.6 is 11.6 Å². The van der Waals surface area contributed by atoms with Crippen LogP contribution in [-0.2, 0) is 21.3 Å². The fraction of sp³-hybridized carbons (Fsp3) is 0.538. The first-order chi connectivity index (χ1) is 9.47. The van der Waals surface area contributed by atoms with Gasteiger partial charge in [-0.05, 0) is 24.7 Å². The topological polar surface area (TPSA) is 58.6 Å². The third-order valence-electron chi connectivity index (χ3n) is 2.93. The molecular formula is C13H21ClN2O3S. The number of hydrogen-bond donors (Lipinski definition) is 1. The average molecular weight is 321 g/mol. The molecule has 0 bridgehead atoms. The van der Waals surface area contributed by atoms with Crippen LogP contribution < -0.4 is 5.32 Å². The Labute approximate surface area is 125 Å². The smallest absolute Gasteiger partial charge is 0.243 e.